The SMILES string of the molecule is Nc1cnc(Nc2ccccc2Cl)c(Cl)c1. The van der Waals surface area contributed by atoms with Gasteiger partial charge in [0.25, 0.3) is 0 Å². The van der Waals surface area contributed by atoms with Gasteiger partial charge in [-0.1, -0.05) is 35.3 Å². The van der Waals surface area contributed by atoms with Crippen LogP contribution in [0.15, 0.2) is 36.5 Å². The fourth-order valence-electron chi connectivity index (χ4n) is 1.23. The molecule has 2 rings (SSSR count). The van der Waals surface area contributed by atoms with E-state index in [0.29, 0.717) is 21.6 Å². The van der Waals surface area contributed by atoms with Crippen molar-refractivity contribution in [2.75, 3.05) is 11.1 Å². The fourth-order valence-corrected chi connectivity index (χ4v) is 1.64. The molecule has 0 saturated carbocycles. The first-order valence-electron chi connectivity index (χ1n) is 4.59. The lowest BCUT2D eigenvalue weighted by Gasteiger charge is -2.08. The molecular formula is C11H9Cl2N3. The Morgan fingerprint density at radius 3 is 2.56 bits per heavy atom. The van der Waals surface area contributed by atoms with Crippen molar-refractivity contribution < 1.29 is 0 Å². The van der Waals surface area contributed by atoms with Gasteiger partial charge in [0.05, 0.1) is 27.6 Å². The number of halogens is 2. The van der Waals surface area contributed by atoms with Gasteiger partial charge in [-0.25, -0.2) is 4.98 Å². The third kappa shape index (κ3) is 2.38. The molecule has 0 aliphatic carbocycles. The smallest absolute Gasteiger partial charge is 0.149 e. The van der Waals surface area contributed by atoms with E-state index in [-0.39, 0.29) is 0 Å². The molecule has 3 nitrogen and oxygen atoms in total. The van der Waals surface area contributed by atoms with Gasteiger partial charge in [0.1, 0.15) is 5.82 Å². The summed E-state index contributed by atoms with van der Waals surface area (Å²) in [6, 6.07) is 8.99. The molecule has 1 heterocycles. The van der Waals surface area contributed by atoms with E-state index in [1.165, 1.54) is 6.20 Å². The van der Waals surface area contributed by atoms with E-state index >= 15 is 0 Å². The van der Waals surface area contributed by atoms with E-state index in [9.17, 15) is 0 Å². The summed E-state index contributed by atoms with van der Waals surface area (Å²) in [7, 11) is 0. The summed E-state index contributed by atoms with van der Waals surface area (Å²) in [6.07, 6.45) is 1.53. The lowest BCUT2D eigenvalue weighted by atomic mass is 10.3. The number of rotatable bonds is 2. The average molecular weight is 254 g/mol. The minimum atomic E-state index is 0.458. The molecule has 0 spiro atoms. The Hall–Kier alpha value is -1.45. The van der Waals surface area contributed by atoms with Gasteiger partial charge >= 0.3 is 0 Å². The molecule has 5 heteroatoms. The van der Waals surface area contributed by atoms with Crippen molar-refractivity contribution in [2.24, 2.45) is 0 Å². The molecule has 2 aromatic rings. The Balaban J connectivity index is 2.31. The third-order valence-electron chi connectivity index (χ3n) is 1.99. The van der Waals surface area contributed by atoms with Crippen LogP contribution in [0.4, 0.5) is 17.2 Å². The monoisotopic (exact) mass is 253 g/mol. The van der Waals surface area contributed by atoms with Crippen LogP contribution in [-0.2, 0) is 0 Å². The summed E-state index contributed by atoms with van der Waals surface area (Å²) >= 11 is 12.0. The standard InChI is InChI=1S/C11H9Cl2N3/c12-8-3-1-2-4-10(8)16-11-9(13)5-7(14)6-15-11/h1-6H,14H2,(H,15,16). The van der Waals surface area contributed by atoms with Gasteiger partial charge in [0.2, 0.25) is 0 Å². The summed E-state index contributed by atoms with van der Waals surface area (Å²) in [5.41, 5.74) is 6.83. The van der Waals surface area contributed by atoms with Crippen LogP contribution in [0.25, 0.3) is 0 Å². The van der Waals surface area contributed by atoms with Crippen LogP contribution in [0.1, 0.15) is 0 Å². The van der Waals surface area contributed by atoms with Crippen molar-refractivity contribution in [2.45, 2.75) is 0 Å². The minimum Gasteiger partial charge on any atom is -0.397 e. The van der Waals surface area contributed by atoms with E-state index < -0.39 is 0 Å². The fraction of sp³-hybridized carbons (Fsp3) is 0. The molecule has 16 heavy (non-hydrogen) atoms. The van der Waals surface area contributed by atoms with E-state index in [1.807, 2.05) is 18.2 Å². The number of nitrogens with zero attached hydrogens (tertiary/aromatic N) is 1. The van der Waals surface area contributed by atoms with Gasteiger partial charge in [0.15, 0.2) is 0 Å². The summed E-state index contributed by atoms with van der Waals surface area (Å²) in [4.78, 5) is 4.09. The van der Waals surface area contributed by atoms with E-state index in [1.54, 1.807) is 12.1 Å². The zero-order valence-corrected chi connectivity index (χ0v) is 9.76. The number of aromatic nitrogens is 1. The van der Waals surface area contributed by atoms with Crippen molar-refractivity contribution in [1.29, 1.82) is 0 Å². The molecule has 0 atom stereocenters. The second-order valence-electron chi connectivity index (χ2n) is 3.20. The summed E-state index contributed by atoms with van der Waals surface area (Å²) < 4.78 is 0. The van der Waals surface area contributed by atoms with E-state index in [4.69, 9.17) is 28.9 Å². The number of benzene rings is 1. The maximum atomic E-state index is 6.00. The van der Waals surface area contributed by atoms with Gasteiger partial charge in [0, 0.05) is 0 Å². The first kappa shape index (κ1) is 11.0. The normalized spacial score (nSPS) is 10.1. The molecule has 0 unspecified atom stereocenters. The van der Waals surface area contributed by atoms with Crippen LogP contribution in [0.2, 0.25) is 10.0 Å². The number of hydrogen-bond acceptors (Lipinski definition) is 3. The van der Waals surface area contributed by atoms with Crippen LogP contribution in [0.5, 0.6) is 0 Å². The molecule has 1 aromatic heterocycles. The lowest BCUT2D eigenvalue weighted by molar-refractivity contribution is 1.31. The molecule has 82 valence electrons. The number of pyridine rings is 1. The van der Waals surface area contributed by atoms with Crippen molar-refractivity contribution >= 4 is 40.4 Å². The van der Waals surface area contributed by atoms with Crippen molar-refractivity contribution in [3.05, 3.63) is 46.6 Å². The van der Waals surface area contributed by atoms with Crippen molar-refractivity contribution in [3.63, 3.8) is 0 Å². The second-order valence-corrected chi connectivity index (χ2v) is 4.02. The summed E-state index contributed by atoms with van der Waals surface area (Å²) in [5.74, 6) is 0.531. The van der Waals surface area contributed by atoms with E-state index in [0.717, 1.165) is 5.69 Å². The highest BCUT2D eigenvalue weighted by Gasteiger charge is 2.04. The first-order chi connectivity index (χ1) is 7.66. The van der Waals surface area contributed by atoms with Crippen LogP contribution >= 0.6 is 23.2 Å². The summed E-state index contributed by atoms with van der Waals surface area (Å²) in [6.45, 7) is 0. The maximum absolute atomic E-state index is 6.00. The summed E-state index contributed by atoms with van der Waals surface area (Å²) in [5, 5.41) is 4.10. The number of anilines is 3. The minimum absolute atomic E-state index is 0.458. The number of hydrogen-bond donors (Lipinski definition) is 2. The van der Waals surface area contributed by atoms with Gasteiger partial charge in [-0.05, 0) is 18.2 Å². The van der Waals surface area contributed by atoms with Crippen LogP contribution in [-0.4, -0.2) is 4.98 Å². The Bertz CT molecular complexity index is 514. The number of nitrogens with two attached hydrogens (primary N) is 1. The van der Waals surface area contributed by atoms with Crippen molar-refractivity contribution in [3.8, 4) is 0 Å². The Labute approximate surface area is 103 Å². The molecule has 0 aliphatic rings. The maximum Gasteiger partial charge on any atom is 0.149 e. The van der Waals surface area contributed by atoms with Gasteiger partial charge in [-0.3, -0.25) is 0 Å². The van der Waals surface area contributed by atoms with E-state index in [2.05, 4.69) is 10.3 Å². The molecule has 3 N–H and O–H groups in total. The van der Waals surface area contributed by atoms with Gasteiger partial charge in [-0.2, -0.15) is 0 Å². The molecule has 1 aromatic carbocycles. The number of nitrogens with one attached hydrogen (secondary N) is 1. The molecule has 0 aliphatic heterocycles. The molecule has 0 bridgehead atoms. The van der Waals surface area contributed by atoms with Gasteiger partial charge in [-0.15, -0.1) is 0 Å². The predicted molar refractivity (Wildman–Crippen MR) is 68.4 cm³/mol. The van der Waals surface area contributed by atoms with Crippen LogP contribution < -0.4 is 11.1 Å². The lowest BCUT2D eigenvalue weighted by Crippen LogP contribution is -1.96. The second kappa shape index (κ2) is 4.60. The van der Waals surface area contributed by atoms with Gasteiger partial charge < -0.3 is 11.1 Å². The molecule has 0 amide bonds. The average Bonchev–Trinajstić information content (AvgIpc) is 2.25. The molecular weight excluding hydrogens is 245 g/mol. The quantitative estimate of drug-likeness (QED) is 0.858. The molecule has 0 saturated heterocycles. The highest BCUT2D eigenvalue weighted by Crippen LogP contribution is 2.28. The number of nitrogen functional groups attached to an aromatic ring is 1. The molecule has 0 fully saturated rings. The Morgan fingerprint density at radius 1 is 1.12 bits per heavy atom. The van der Waals surface area contributed by atoms with Crippen LogP contribution in [0, 0.1) is 0 Å². The Kier molecular flexibility index (Phi) is 3.17. The predicted octanol–water partition coefficient (Wildman–Crippen LogP) is 3.71. The Morgan fingerprint density at radius 2 is 1.88 bits per heavy atom. The first-order valence-corrected chi connectivity index (χ1v) is 5.35. The molecule has 0 radical (unpaired) electrons. The zero-order valence-electron chi connectivity index (χ0n) is 8.24. The highest BCUT2D eigenvalue weighted by molar-refractivity contribution is 6.34. The highest BCUT2D eigenvalue weighted by atomic mass is 35.5. The number of para-hydroxylation sites is 1. The topological polar surface area (TPSA) is 50.9 Å². The zero-order chi connectivity index (χ0) is 11.5. The third-order valence-corrected chi connectivity index (χ3v) is 2.61. The van der Waals surface area contributed by atoms with Crippen LogP contribution in [0.3, 0.4) is 0 Å². The largest absolute Gasteiger partial charge is 0.397 e. The van der Waals surface area contributed by atoms with Crippen molar-refractivity contribution in [1.82, 2.24) is 4.98 Å².